The van der Waals surface area contributed by atoms with Crippen molar-refractivity contribution in [3.8, 4) is 0 Å². The Labute approximate surface area is 187 Å². The average molecular weight is 443 g/mol. The molecule has 0 saturated carbocycles. The van der Waals surface area contributed by atoms with Gasteiger partial charge in [-0.15, -0.1) is 0 Å². The number of pyridine rings is 1. The minimum atomic E-state index is -1.97. The van der Waals surface area contributed by atoms with E-state index in [1.54, 1.807) is 27.7 Å². The van der Waals surface area contributed by atoms with E-state index < -0.39 is 28.9 Å². The molecule has 0 bridgehead atoms. The van der Waals surface area contributed by atoms with Gasteiger partial charge in [-0.2, -0.15) is 0 Å². The molecule has 8 nitrogen and oxygen atoms in total. The summed E-state index contributed by atoms with van der Waals surface area (Å²) in [5.74, 6) is -2.68. The van der Waals surface area contributed by atoms with Crippen LogP contribution in [0.5, 0.6) is 0 Å². The van der Waals surface area contributed by atoms with Crippen LogP contribution >= 0.6 is 0 Å². The fraction of sp³-hybridized carbons (Fsp3) is 0.417. The van der Waals surface area contributed by atoms with E-state index in [4.69, 9.17) is 14.2 Å². The molecule has 1 heterocycles. The largest absolute Gasteiger partial charge is 0.465 e. The normalized spacial score (nSPS) is 11.0. The van der Waals surface area contributed by atoms with Crippen molar-refractivity contribution in [2.75, 3.05) is 19.8 Å². The Balaban J connectivity index is 2.78. The van der Waals surface area contributed by atoms with Crippen LogP contribution in [0.25, 0.3) is 0 Å². The molecule has 8 heteroatoms. The second-order valence-electron chi connectivity index (χ2n) is 6.94. The number of ether oxygens (including phenoxy) is 3. The molecule has 0 saturated heterocycles. The van der Waals surface area contributed by atoms with Gasteiger partial charge in [0.05, 0.1) is 26.4 Å². The van der Waals surface area contributed by atoms with Crippen molar-refractivity contribution in [3.63, 3.8) is 0 Å². The highest BCUT2D eigenvalue weighted by atomic mass is 16.6. The first-order valence-electron chi connectivity index (χ1n) is 10.7. The summed E-state index contributed by atoms with van der Waals surface area (Å²) in [6.45, 7) is 6.65. The molecule has 1 aromatic heterocycles. The quantitative estimate of drug-likeness (QED) is 0.316. The summed E-state index contributed by atoms with van der Waals surface area (Å²) >= 11 is 0. The van der Waals surface area contributed by atoms with Crippen LogP contribution in [0.15, 0.2) is 47.4 Å². The Morgan fingerprint density at radius 3 is 1.91 bits per heavy atom. The van der Waals surface area contributed by atoms with Crippen LogP contribution in [0.4, 0.5) is 0 Å². The van der Waals surface area contributed by atoms with Crippen molar-refractivity contribution in [2.45, 2.75) is 46.1 Å². The number of nitrogens with zero attached hydrogens (tertiary/aromatic N) is 1. The van der Waals surface area contributed by atoms with Crippen molar-refractivity contribution in [1.82, 2.24) is 4.57 Å². The predicted molar refractivity (Wildman–Crippen MR) is 117 cm³/mol. The van der Waals surface area contributed by atoms with Crippen LogP contribution in [-0.2, 0) is 35.8 Å². The van der Waals surface area contributed by atoms with Gasteiger partial charge in [0.2, 0.25) is 0 Å². The fourth-order valence-electron chi connectivity index (χ4n) is 3.53. The zero-order valence-electron chi connectivity index (χ0n) is 18.9. The topological polar surface area (TPSA) is 101 Å². The van der Waals surface area contributed by atoms with E-state index in [0.717, 1.165) is 5.56 Å². The van der Waals surface area contributed by atoms with Crippen LogP contribution < -0.4 is 5.56 Å². The number of hydrogen-bond acceptors (Lipinski definition) is 7. The number of aromatic nitrogens is 1. The molecule has 0 radical (unpaired) electrons. The van der Waals surface area contributed by atoms with Crippen LogP contribution in [0.3, 0.4) is 0 Å². The number of rotatable bonds is 10. The minimum absolute atomic E-state index is 0.0137. The van der Waals surface area contributed by atoms with Crippen LogP contribution in [0.2, 0.25) is 0 Å². The smallest absolute Gasteiger partial charge is 0.344 e. The van der Waals surface area contributed by atoms with Gasteiger partial charge in [0, 0.05) is 11.8 Å². The highest BCUT2D eigenvalue weighted by Crippen LogP contribution is 2.33. The van der Waals surface area contributed by atoms with Gasteiger partial charge in [-0.25, -0.2) is 4.79 Å². The highest BCUT2D eigenvalue weighted by Gasteiger charge is 2.52. The molecule has 32 heavy (non-hydrogen) atoms. The van der Waals surface area contributed by atoms with E-state index in [0.29, 0.717) is 0 Å². The van der Waals surface area contributed by atoms with Crippen molar-refractivity contribution < 1.29 is 28.6 Å². The first-order valence-corrected chi connectivity index (χ1v) is 10.7. The van der Waals surface area contributed by atoms with Crippen LogP contribution in [0.1, 0.15) is 55.6 Å². The SMILES string of the molecule is CCOC(=O)c1c(C(CC)(C(=O)OCC)C(=O)OCC)ccn(Cc2ccccc2)c1=O. The maximum Gasteiger partial charge on any atom is 0.344 e. The standard InChI is InChI=1S/C24H29NO7/c1-5-24(22(28)31-7-3,23(29)32-8-4)18-14-15-25(16-17-12-10-9-11-13-17)20(26)19(18)21(27)30-6-2/h9-15H,5-8,16H2,1-4H3. The van der Waals surface area contributed by atoms with E-state index in [1.165, 1.54) is 16.8 Å². The summed E-state index contributed by atoms with van der Waals surface area (Å²) < 4.78 is 16.8. The third-order valence-corrected chi connectivity index (χ3v) is 5.08. The Kier molecular flexibility index (Phi) is 8.75. The maximum atomic E-state index is 13.4. The van der Waals surface area contributed by atoms with Crippen molar-refractivity contribution in [3.05, 3.63) is 69.6 Å². The summed E-state index contributed by atoms with van der Waals surface area (Å²) in [7, 11) is 0. The number of esters is 3. The third-order valence-electron chi connectivity index (χ3n) is 5.08. The van der Waals surface area contributed by atoms with Crippen LogP contribution in [0, 0.1) is 0 Å². The van der Waals surface area contributed by atoms with Gasteiger partial charge >= 0.3 is 17.9 Å². The molecule has 0 spiro atoms. The Hall–Kier alpha value is -3.42. The van der Waals surface area contributed by atoms with Gasteiger partial charge in [-0.3, -0.25) is 14.4 Å². The summed E-state index contributed by atoms with van der Waals surface area (Å²) in [4.78, 5) is 52.4. The molecule has 0 N–H and O–H groups in total. The second-order valence-corrected chi connectivity index (χ2v) is 6.94. The van der Waals surface area contributed by atoms with Crippen molar-refractivity contribution in [2.24, 2.45) is 0 Å². The van der Waals surface area contributed by atoms with E-state index in [-0.39, 0.29) is 43.9 Å². The molecule has 1 aromatic carbocycles. The molecule has 172 valence electrons. The van der Waals surface area contributed by atoms with Gasteiger partial charge in [0.1, 0.15) is 5.56 Å². The molecule has 0 unspecified atom stereocenters. The lowest BCUT2D eigenvalue weighted by Crippen LogP contribution is -2.48. The highest BCUT2D eigenvalue weighted by molar-refractivity contribution is 6.08. The van der Waals surface area contributed by atoms with Crippen molar-refractivity contribution >= 4 is 17.9 Å². The van der Waals surface area contributed by atoms with E-state index in [1.807, 2.05) is 30.3 Å². The molecule has 0 aliphatic heterocycles. The number of carbonyl (C=O) groups is 3. The zero-order valence-corrected chi connectivity index (χ0v) is 18.9. The lowest BCUT2D eigenvalue weighted by atomic mass is 9.76. The van der Waals surface area contributed by atoms with Crippen LogP contribution in [-0.4, -0.2) is 42.3 Å². The van der Waals surface area contributed by atoms with E-state index in [2.05, 4.69) is 0 Å². The summed E-state index contributed by atoms with van der Waals surface area (Å²) in [6.07, 6.45) is 1.38. The first-order chi connectivity index (χ1) is 15.4. The average Bonchev–Trinajstić information content (AvgIpc) is 2.77. The van der Waals surface area contributed by atoms with Gasteiger partial charge < -0.3 is 18.8 Å². The van der Waals surface area contributed by atoms with Gasteiger partial charge in [0.25, 0.3) is 5.56 Å². The molecule has 2 aromatic rings. The van der Waals surface area contributed by atoms with Gasteiger partial charge in [-0.05, 0) is 38.8 Å². The molecule has 0 aliphatic rings. The summed E-state index contributed by atoms with van der Waals surface area (Å²) in [5, 5.41) is 0. The Morgan fingerprint density at radius 1 is 0.844 bits per heavy atom. The third kappa shape index (κ3) is 4.90. The molecule has 0 fully saturated rings. The molecule has 0 atom stereocenters. The molecular formula is C24H29NO7. The molecular weight excluding hydrogens is 414 g/mol. The summed E-state index contributed by atoms with van der Waals surface area (Å²) in [5.41, 5.74) is -2.26. The first kappa shape index (κ1) is 24.8. The van der Waals surface area contributed by atoms with Gasteiger partial charge in [-0.1, -0.05) is 37.3 Å². The van der Waals surface area contributed by atoms with Crippen molar-refractivity contribution in [1.29, 1.82) is 0 Å². The molecule has 0 aliphatic carbocycles. The maximum absolute atomic E-state index is 13.4. The fourth-order valence-corrected chi connectivity index (χ4v) is 3.53. The Bertz CT molecular complexity index is 993. The van der Waals surface area contributed by atoms with E-state index in [9.17, 15) is 19.2 Å². The number of benzene rings is 1. The second kappa shape index (κ2) is 11.3. The number of hydrogen-bond donors (Lipinski definition) is 0. The summed E-state index contributed by atoms with van der Waals surface area (Å²) in [6, 6.07) is 10.6. The lowest BCUT2D eigenvalue weighted by molar-refractivity contribution is -0.165. The zero-order chi connectivity index (χ0) is 23.7. The Morgan fingerprint density at radius 2 is 1.41 bits per heavy atom. The monoisotopic (exact) mass is 443 g/mol. The molecule has 2 rings (SSSR count). The van der Waals surface area contributed by atoms with Gasteiger partial charge in [0.15, 0.2) is 5.41 Å². The molecule has 0 amide bonds. The predicted octanol–water partition coefficient (Wildman–Crippen LogP) is 2.85. The van der Waals surface area contributed by atoms with E-state index >= 15 is 0 Å². The minimum Gasteiger partial charge on any atom is -0.465 e. The lowest BCUT2D eigenvalue weighted by Gasteiger charge is -2.29. The number of carbonyl (C=O) groups excluding carboxylic acids is 3.